The average molecular weight is 1070 g/mol. The first-order valence-electron chi connectivity index (χ1n) is 24.9. The molecular formula is C51H63N13O13. The molecule has 26 nitrogen and oxygen atoms in total. The van der Waals surface area contributed by atoms with Gasteiger partial charge in [-0.2, -0.15) is 0 Å². The highest BCUT2D eigenvalue weighted by Crippen LogP contribution is 2.22. The molecule has 2 aliphatic rings. The van der Waals surface area contributed by atoms with Gasteiger partial charge in [-0.3, -0.25) is 38.3 Å². The first kappa shape index (κ1) is 56.6. The van der Waals surface area contributed by atoms with Crippen LogP contribution >= 0.6 is 0 Å². The molecule has 0 radical (unpaired) electrons. The molecule has 0 bridgehead atoms. The summed E-state index contributed by atoms with van der Waals surface area (Å²) in [4.78, 5) is 86.3. The van der Waals surface area contributed by atoms with Crippen LogP contribution in [0, 0.1) is 5.21 Å². The van der Waals surface area contributed by atoms with Gasteiger partial charge in [0.15, 0.2) is 0 Å². The molecule has 0 spiro atoms. The number of rotatable bonds is 25. The lowest BCUT2D eigenvalue weighted by Gasteiger charge is -2.37. The van der Waals surface area contributed by atoms with Crippen molar-refractivity contribution in [2.45, 2.75) is 75.1 Å². The number of benzene rings is 4. The SMILES string of the molecule is O=C(CNC(=O)CNC(=O)[C@H](Cc1ccccc1)NC(=O)[C@H](Cc1ccccc1)NC(=O)Cc1ccc2ccccc2c1)NCC(=O)NCc1cn(CCN2CCN(/[N+]([O-])=N/O[C@@H]3O[C@H](CO)[C@H](O)[C@H](O)[C@H]3O)CC2)nn1. The maximum Gasteiger partial charge on any atom is 0.262 e. The smallest absolute Gasteiger partial charge is 0.262 e. The topological polar surface area (TPSA) is 350 Å². The molecule has 0 saturated carbocycles. The number of piperazine rings is 1. The minimum atomic E-state index is -1.71. The number of nitrogens with one attached hydrogen (secondary N) is 6. The summed E-state index contributed by atoms with van der Waals surface area (Å²) in [6, 6.07) is 29.4. The molecule has 77 heavy (non-hydrogen) atoms. The largest absolute Gasteiger partial charge is 0.569 e. The van der Waals surface area contributed by atoms with E-state index in [0.717, 1.165) is 27.5 Å². The zero-order chi connectivity index (χ0) is 54.7. The fourth-order valence-corrected chi connectivity index (χ4v) is 8.39. The first-order valence-corrected chi connectivity index (χ1v) is 24.9. The Morgan fingerprint density at radius 1 is 0.675 bits per heavy atom. The number of aliphatic hydroxyl groups excluding tert-OH is 4. The Kier molecular flexibility index (Phi) is 20.7. The van der Waals surface area contributed by atoms with Gasteiger partial charge in [-0.05, 0) is 27.5 Å². The zero-order valence-corrected chi connectivity index (χ0v) is 41.9. The zero-order valence-electron chi connectivity index (χ0n) is 41.9. The van der Waals surface area contributed by atoms with Crippen molar-refractivity contribution in [2.24, 2.45) is 5.28 Å². The Hall–Kier alpha value is -8.14. The lowest BCUT2D eigenvalue weighted by molar-refractivity contribution is -0.716. The third kappa shape index (κ3) is 17.2. The number of hydrazine groups is 1. The lowest BCUT2D eigenvalue weighted by Crippen LogP contribution is -2.59. The highest BCUT2D eigenvalue weighted by atomic mass is 16.8. The van der Waals surface area contributed by atoms with Crippen LogP contribution in [0.15, 0.2) is 115 Å². The van der Waals surface area contributed by atoms with E-state index < -0.39 is 98.6 Å². The van der Waals surface area contributed by atoms with E-state index in [-0.39, 0.29) is 49.8 Å². The van der Waals surface area contributed by atoms with Crippen molar-refractivity contribution in [1.29, 1.82) is 0 Å². The molecule has 3 heterocycles. The second-order valence-corrected chi connectivity index (χ2v) is 18.4. The summed E-state index contributed by atoms with van der Waals surface area (Å²) in [7, 11) is 0. The monoisotopic (exact) mass is 1070 g/mol. The molecule has 7 rings (SSSR count). The number of carbonyl (C=O) groups is 6. The third-order valence-corrected chi connectivity index (χ3v) is 12.7. The predicted octanol–water partition coefficient (Wildman–Crippen LogP) is -2.68. The van der Waals surface area contributed by atoms with Gasteiger partial charge in [0.2, 0.25) is 40.7 Å². The Morgan fingerprint density at radius 2 is 1.27 bits per heavy atom. The number of carbonyl (C=O) groups excluding carboxylic acids is 6. The van der Waals surface area contributed by atoms with E-state index in [9.17, 15) is 54.4 Å². The van der Waals surface area contributed by atoms with Crippen molar-refractivity contribution in [1.82, 2.24) is 56.8 Å². The van der Waals surface area contributed by atoms with E-state index in [4.69, 9.17) is 9.57 Å². The van der Waals surface area contributed by atoms with Crippen LogP contribution in [0.5, 0.6) is 0 Å². The Balaban J connectivity index is 0.798. The van der Waals surface area contributed by atoms with Crippen molar-refractivity contribution >= 4 is 46.2 Å². The Morgan fingerprint density at radius 3 is 1.92 bits per heavy atom. The maximum atomic E-state index is 14.0. The average Bonchev–Trinajstić information content (AvgIpc) is 3.91. The fraction of sp³-hybridized carbons (Fsp3) is 0.412. The van der Waals surface area contributed by atoms with Gasteiger partial charge in [-0.15, -0.1) is 10.1 Å². The van der Waals surface area contributed by atoms with Gasteiger partial charge in [-0.1, -0.05) is 108 Å². The summed E-state index contributed by atoms with van der Waals surface area (Å²) < 4.78 is 6.77. The molecule has 10 N–H and O–H groups in total. The number of amides is 6. The van der Waals surface area contributed by atoms with Crippen LogP contribution in [-0.2, 0) is 70.7 Å². The summed E-state index contributed by atoms with van der Waals surface area (Å²) in [5, 5.41) is 82.3. The molecule has 0 unspecified atom stereocenters. The number of hydrogen-bond donors (Lipinski definition) is 10. The van der Waals surface area contributed by atoms with Crippen LogP contribution < -0.4 is 31.9 Å². The number of hydrogen-bond acceptors (Lipinski definition) is 17. The van der Waals surface area contributed by atoms with Crippen LogP contribution in [0.2, 0.25) is 0 Å². The Labute approximate surface area is 441 Å². The second kappa shape index (κ2) is 28.1. The molecule has 5 aromatic rings. The van der Waals surface area contributed by atoms with Gasteiger partial charge >= 0.3 is 0 Å². The molecule has 7 atom stereocenters. The van der Waals surface area contributed by atoms with E-state index in [0.29, 0.717) is 31.9 Å². The highest BCUT2D eigenvalue weighted by molar-refractivity contribution is 5.95. The third-order valence-electron chi connectivity index (χ3n) is 12.7. The molecule has 1 aromatic heterocycles. The van der Waals surface area contributed by atoms with E-state index in [1.807, 2.05) is 78.9 Å². The number of nitrogens with zero attached hydrogens (tertiary/aromatic N) is 7. The fourth-order valence-electron chi connectivity index (χ4n) is 8.39. The van der Waals surface area contributed by atoms with E-state index in [2.05, 4.69) is 52.4 Å². The summed E-state index contributed by atoms with van der Waals surface area (Å²) in [5.41, 5.74) is 2.72. The summed E-state index contributed by atoms with van der Waals surface area (Å²) >= 11 is 0. The number of fused-ring (bicyclic) bond motifs is 1. The Bertz CT molecular complexity index is 2800. The van der Waals surface area contributed by atoms with Gasteiger partial charge in [0, 0.05) is 32.5 Å². The standard InChI is InChI=1S/C51H63N13O13/c65-32-41-46(70)47(71)48(72)51(76-41)77-60-64(75)63-21-18-61(19-22-63)17-20-62-31-38(58-59-62)27-52-43(67)28-53-44(68)29-54-45(69)30-55-49(73)39(24-33-9-3-1-4-10-33)57-50(74)40(25-34-11-5-2-6-12-34)56-42(66)26-35-15-16-36-13-7-8-14-37(36)23-35/h1-16,23,31,39-41,46-48,51,65,70-72H,17-22,24-30,32H2,(H,52,67)(H,53,68)(H,54,69)(H,55,73)(H,56,66)(H,57,74)/b64-60-/t39-,40-,41+,46-,47-,48+,51-/m0/s1. The quantitative estimate of drug-likeness (QED) is 0.0162. The van der Waals surface area contributed by atoms with Gasteiger partial charge < -0.3 is 67.1 Å². The molecule has 2 saturated heterocycles. The number of ether oxygens (including phenoxy) is 1. The highest BCUT2D eigenvalue weighted by Gasteiger charge is 2.45. The van der Waals surface area contributed by atoms with E-state index >= 15 is 0 Å². The van der Waals surface area contributed by atoms with E-state index in [1.54, 1.807) is 35.1 Å². The van der Waals surface area contributed by atoms with Crippen LogP contribution in [0.3, 0.4) is 0 Å². The van der Waals surface area contributed by atoms with Crippen LogP contribution in [0.4, 0.5) is 0 Å². The molecule has 2 fully saturated rings. The predicted molar refractivity (Wildman–Crippen MR) is 272 cm³/mol. The summed E-state index contributed by atoms with van der Waals surface area (Å²) in [6.07, 6.45) is -5.91. The first-order chi connectivity index (χ1) is 37.2. The van der Waals surface area contributed by atoms with Crippen molar-refractivity contribution in [3.63, 3.8) is 0 Å². The van der Waals surface area contributed by atoms with Crippen molar-refractivity contribution in [2.75, 3.05) is 59.0 Å². The van der Waals surface area contributed by atoms with Crippen LogP contribution in [0.25, 0.3) is 10.8 Å². The van der Waals surface area contributed by atoms with Crippen molar-refractivity contribution < 1.29 is 63.7 Å². The molecule has 2 aliphatic heterocycles. The summed E-state index contributed by atoms with van der Waals surface area (Å²) in [5.74, 6) is -3.59. The van der Waals surface area contributed by atoms with Gasteiger partial charge in [0.05, 0.1) is 70.0 Å². The molecule has 26 heteroatoms. The summed E-state index contributed by atoms with van der Waals surface area (Å²) in [6.45, 7) is 0.397. The van der Waals surface area contributed by atoms with Crippen molar-refractivity contribution in [3.05, 3.63) is 137 Å². The van der Waals surface area contributed by atoms with E-state index in [1.165, 1.54) is 5.01 Å². The normalized spacial score (nSPS) is 19.6. The van der Waals surface area contributed by atoms with Gasteiger partial charge in [-0.25, -0.2) is 0 Å². The minimum absolute atomic E-state index is 0.0119. The number of aromatic nitrogens is 3. The second-order valence-electron chi connectivity index (χ2n) is 18.4. The maximum absolute atomic E-state index is 14.0. The minimum Gasteiger partial charge on any atom is -0.569 e. The molecular weight excluding hydrogens is 1000 g/mol. The van der Waals surface area contributed by atoms with Crippen LogP contribution in [-0.4, -0.2) is 187 Å². The van der Waals surface area contributed by atoms with Crippen molar-refractivity contribution in [3.8, 4) is 0 Å². The van der Waals surface area contributed by atoms with Gasteiger partial charge in [0.25, 0.3) is 6.29 Å². The molecule has 4 aromatic carbocycles. The molecule has 6 amide bonds. The van der Waals surface area contributed by atoms with Gasteiger partial charge in [0.1, 0.15) is 42.2 Å². The molecule has 0 aliphatic carbocycles. The lowest BCUT2D eigenvalue weighted by atomic mass is 9.99. The number of aliphatic hydroxyl groups is 4. The van der Waals surface area contributed by atoms with Crippen LogP contribution in [0.1, 0.15) is 22.4 Å². The molecule has 410 valence electrons.